The third-order valence-electron chi connectivity index (χ3n) is 4.33. The zero-order valence-electron chi connectivity index (χ0n) is 15.4. The van der Waals surface area contributed by atoms with Gasteiger partial charge in [0.2, 0.25) is 0 Å². The summed E-state index contributed by atoms with van der Waals surface area (Å²) in [6, 6.07) is 24.2. The van der Waals surface area contributed by atoms with Gasteiger partial charge in [-0.2, -0.15) is 0 Å². The number of pyridine rings is 1. The van der Waals surface area contributed by atoms with Crippen LogP contribution in [0.5, 0.6) is 0 Å². The van der Waals surface area contributed by atoms with E-state index in [2.05, 4.69) is 40.1 Å². The Morgan fingerprint density at radius 2 is 1.43 bits per heavy atom. The summed E-state index contributed by atoms with van der Waals surface area (Å²) in [5.74, 6) is 1.43. The van der Waals surface area contributed by atoms with Gasteiger partial charge >= 0.3 is 0 Å². The van der Waals surface area contributed by atoms with Crippen LogP contribution in [0.2, 0.25) is 0 Å². The largest absolute Gasteiger partial charge is 0.366 e. The quantitative estimate of drug-likeness (QED) is 0.461. The molecule has 1 N–H and O–H groups in total. The molecule has 0 aliphatic rings. The molecule has 4 heteroatoms. The van der Waals surface area contributed by atoms with E-state index in [0.717, 1.165) is 33.8 Å². The normalized spacial score (nSPS) is 10.4. The standard InChI is InChI=1S/C24H20N4/c1-2-13-26-23-15-22(27-24(28-23)19-11-7-4-8-12-19)21-14-20(16-25-17-21)18-9-5-3-6-10-18/h2-12,14-17H,1,13H2,(H,26,27,28). The smallest absolute Gasteiger partial charge is 0.162 e. The molecule has 0 saturated heterocycles. The Labute approximate surface area is 164 Å². The van der Waals surface area contributed by atoms with Gasteiger partial charge in [-0.05, 0) is 11.6 Å². The average Bonchev–Trinajstić information content (AvgIpc) is 2.79. The van der Waals surface area contributed by atoms with Crippen molar-refractivity contribution in [2.24, 2.45) is 0 Å². The number of nitrogens with zero attached hydrogens (tertiary/aromatic N) is 3. The minimum atomic E-state index is 0.632. The lowest BCUT2D eigenvalue weighted by Crippen LogP contribution is -2.03. The third-order valence-corrected chi connectivity index (χ3v) is 4.33. The highest BCUT2D eigenvalue weighted by atomic mass is 15.0. The van der Waals surface area contributed by atoms with Crippen LogP contribution in [0, 0.1) is 0 Å². The predicted octanol–water partition coefficient (Wildman–Crippen LogP) is 5.47. The van der Waals surface area contributed by atoms with Gasteiger partial charge in [0.25, 0.3) is 0 Å². The number of benzene rings is 2. The molecular formula is C24H20N4. The molecule has 2 heterocycles. The fourth-order valence-corrected chi connectivity index (χ4v) is 2.95. The molecule has 0 amide bonds. The van der Waals surface area contributed by atoms with Crippen LogP contribution in [0.3, 0.4) is 0 Å². The van der Waals surface area contributed by atoms with Crippen molar-refractivity contribution in [2.45, 2.75) is 0 Å². The van der Waals surface area contributed by atoms with E-state index in [1.807, 2.05) is 73.1 Å². The number of hydrogen-bond acceptors (Lipinski definition) is 4. The maximum Gasteiger partial charge on any atom is 0.162 e. The van der Waals surface area contributed by atoms with Crippen molar-refractivity contribution >= 4 is 5.82 Å². The Morgan fingerprint density at radius 3 is 2.14 bits per heavy atom. The van der Waals surface area contributed by atoms with Gasteiger partial charge in [0.05, 0.1) is 5.69 Å². The third kappa shape index (κ3) is 3.96. The number of rotatable bonds is 6. The summed E-state index contributed by atoms with van der Waals surface area (Å²) >= 11 is 0. The zero-order valence-corrected chi connectivity index (χ0v) is 15.4. The first-order valence-corrected chi connectivity index (χ1v) is 9.13. The minimum Gasteiger partial charge on any atom is -0.366 e. The summed E-state index contributed by atoms with van der Waals surface area (Å²) in [7, 11) is 0. The summed E-state index contributed by atoms with van der Waals surface area (Å²) in [6.45, 7) is 4.40. The molecule has 0 saturated carbocycles. The van der Waals surface area contributed by atoms with Crippen molar-refractivity contribution < 1.29 is 0 Å². The highest BCUT2D eigenvalue weighted by Crippen LogP contribution is 2.27. The van der Waals surface area contributed by atoms with E-state index < -0.39 is 0 Å². The van der Waals surface area contributed by atoms with Crippen molar-refractivity contribution in [1.82, 2.24) is 15.0 Å². The van der Waals surface area contributed by atoms with Gasteiger partial charge in [0.1, 0.15) is 5.82 Å². The van der Waals surface area contributed by atoms with Crippen molar-refractivity contribution in [2.75, 3.05) is 11.9 Å². The molecule has 0 atom stereocenters. The highest BCUT2D eigenvalue weighted by Gasteiger charge is 2.10. The number of hydrogen-bond donors (Lipinski definition) is 1. The fourth-order valence-electron chi connectivity index (χ4n) is 2.95. The SMILES string of the molecule is C=CCNc1cc(-c2cncc(-c3ccccc3)c2)nc(-c2ccccc2)n1. The maximum absolute atomic E-state index is 4.80. The molecule has 0 spiro atoms. The number of anilines is 1. The second-order valence-electron chi connectivity index (χ2n) is 6.33. The molecule has 0 bridgehead atoms. The van der Waals surface area contributed by atoms with Crippen LogP contribution in [-0.4, -0.2) is 21.5 Å². The van der Waals surface area contributed by atoms with Gasteiger partial charge in [-0.1, -0.05) is 66.7 Å². The van der Waals surface area contributed by atoms with E-state index in [9.17, 15) is 0 Å². The van der Waals surface area contributed by atoms with Crippen LogP contribution < -0.4 is 5.32 Å². The summed E-state index contributed by atoms with van der Waals surface area (Å²) < 4.78 is 0. The first kappa shape index (κ1) is 17.6. The molecule has 4 nitrogen and oxygen atoms in total. The van der Waals surface area contributed by atoms with Gasteiger partial charge < -0.3 is 5.32 Å². The molecule has 0 radical (unpaired) electrons. The summed E-state index contributed by atoms with van der Waals surface area (Å²) in [4.78, 5) is 13.9. The Balaban J connectivity index is 1.79. The predicted molar refractivity (Wildman–Crippen MR) is 115 cm³/mol. The molecule has 0 aliphatic carbocycles. The first-order valence-electron chi connectivity index (χ1n) is 9.13. The summed E-state index contributed by atoms with van der Waals surface area (Å²) in [6.07, 6.45) is 5.51. The van der Waals surface area contributed by atoms with Crippen LogP contribution in [0.25, 0.3) is 33.8 Å². The van der Waals surface area contributed by atoms with E-state index in [0.29, 0.717) is 12.4 Å². The van der Waals surface area contributed by atoms with E-state index in [1.54, 1.807) is 0 Å². The molecule has 0 unspecified atom stereocenters. The van der Waals surface area contributed by atoms with Crippen LogP contribution in [-0.2, 0) is 0 Å². The topological polar surface area (TPSA) is 50.7 Å². The second kappa shape index (κ2) is 8.27. The maximum atomic E-state index is 4.80. The number of nitrogens with one attached hydrogen (secondary N) is 1. The second-order valence-corrected chi connectivity index (χ2v) is 6.33. The number of aromatic nitrogens is 3. The molecule has 136 valence electrons. The van der Waals surface area contributed by atoms with Crippen LogP contribution in [0.4, 0.5) is 5.82 Å². The van der Waals surface area contributed by atoms with Crippen LogP contribution >= 0.6 is 0 Å². The van der Waals surface area contributed by atoms with Crippen LogP contribution in [0.15, 0.2) is 97.8 Å². The lowest BCUT2D eigenvalue weighted by Gasteiger charge is -2.10. The molecule has 0 fully saturated rings. The van der Waals surface area contributed by atoms with Crippen molar-refractivity contribution in [1.29, 1.82) is 0 Å². The lowest BCUT2D eigenvalue weighted by molar-refractivity contribution is 1.15. The van der Waals surface area contributed by atoms with E-state index in [-0.39, 0.29) is 0 Å². The Morgan fingerprint density at radius 1 is 0.750 bits per heavy atom. The van der Waals surface area contributed by atoms with Gasteiger partial charge in [-0.25, -0.2) is 9.97 Å². The van der Waals surface area contributed by atoms with Gasteiger partial charge in [-0.15, -0.1) is 6.58 Å². The Hall–Kier alpha value is -3.79. The van der Waals surface area contributed by atoms with E-state index >= 15 is 0 Å². The monoisotopic (exact) mass is 364 g/mol. The van der Waals surface area contributed by atoms with Crippen molar-refractivity contribution in [3.05, 3.63) is 97.8 Å². The Kier molecular flexibility index (Phi) is 5.20. The summed E-state index contributed by atoms with van der Waals surface area (Å²) in [5.41, 5.74) is 4.92. The average molecular weight is 364 g/mol. The minimum absolute atomic E-state index is 0.632. The van der Waals surface area contributed by atoms with Gasteiger partial charge in [-0.3, -0.25) is 4.98 Å². The molecule has 28 heavy (non-hydrogen) atoms. The van der Waals surface area contributed by atoms with E-state index in [4.69, 9.17) is 4.98 Å². The van der Waals surface area contributed by atoms with Crippen LogP contribution in [0.1, 0.15) is 0 Å². The first-order chi connectivity index (χ1) is 13.8. The molecule has 2 aromatic heterocycles. The zero-order chi connectivity index (χ0) is 19.2. The highest BCUT2D eigenvalue weighted by molar-refractivity contribution is 5.72. The molecule has 2 aromatic carbocycles. The molecule has 0 aliphatic heterocycles. The molecule has 4 rings (SSSR count). The van der Waals surface area contributed by atoms with Gasteiger partial charge in [0.15, 0.2) is 5.82 Å². The van der Waals surface area contributed by atoms with E-state index in [1.165, 1.54) is 0 Å². The van der Waals surface area contributed by atoms with Gasteiger partial charge in [0, 0.05) is 41.7 Å². The fraction of sp³-hybridized carbons (Fsp3) is 0.0417. The Bertz CT molecular complexity index is 1080. The lowest BCUT2D eigenvalue weighted by atomic mass is 10.0. The summed E-state index contributed by atoms with van der Waals surface area (Å²) in [5, 5.41) is 3.27. The van der Waals surface area contributed by atoms with Crippen molar-refractivity contribution in [3.8, 4) is 33.8 Å². The molecule has 4 aromatic rings. The molecular weight excluding hydrogens is 344 g/mol. The van der Waals surface area contributed by atoms with Crippen molar-refractivity contribution in [3.63, 3.8) is 0 Å².